The number of aromatic nitrogens is 1. The number of carbonyl (C=O) groups is 1. The zero-order chi connectivity index (χ0) is 12.6. The molecule has 0 saturated heterocycles. The molecule has 0 aliphatic heterocycles. The van der Waals surface area contributed by atoms with Crippen molar-refractivity contribution in [3.05, 3.63) is 15.6 Å². The molecule has 1 saturated carbocycles. The van der Waals surface area contributed by atoms with Crippen molar-refractivity contribution in [2.75, 3.05) is 6.54 Å². The fourth-order valence-electron chi connectivity index (χ4n) is 2.24. The van der Waals surface area contributed by atoms with Crippen molar-refractivity contribution in [2.45, 2.75) is 33.1 Å². The quantitative estimate of drug-likeness (QED) is 0.839. The van der Waals surface area contributed by atoms with E-state index in [0.29, 0.717) is 6.42 Å². The summed E-state index contributed by atoms with van der Waals surface area (Å²) in [5, 5.41) is 10.4. The Labute approximate surface area is 105 Å². The molecule has 1 aliphatic rings. The molecule has 17 heavy (non-hydrogen) atoms. The highest BCUT2D eigenvalue weighted by Gasteiger charge is 2.50. The molecule has 1 aromatic rings. The summed E-state index contributed by atoms with van der Waals surface area (Å²) in [6.07, 6.45) is 2.43. The molecule has 4 nitrogen and oxygen atoms in total. The summed E-state index contributed by atoms with van der Waals surface area (Å²) in [6.45, 7) is 4.17. The van der Waals surface area contributed by atoms with Crippen molar-refractivity contribution in [1.29, 1.82) is 0 Å². The lowest BCUT2D eigenvalue weighted by molar-refractivity contribution is -0.149. The number of hydrogen-bond donors (Lipinski definition) is 2. The van der Waals surface area contributed by atoms with Crippen molar-refractivity contribution in [1.82, 2.24) is 4.98 Å². The van der Waals surface area contributed by atoms with Crippen LogP contribution >= 0.6 is 11.3 Å². The summed E-state index contributed by atoms with van der Waals surface area (Å²) in [5.74, 6) is -0.539. The Morgan fingerprint density at radius 2 is 2.24 bits per heavy atom. The first-order chi connectivity index (χ1) is 7.99. The van der Waals surface area contributed by atoms with Gasteiger partial charge in [-0.1, -0.05) is 0 Å². The highest BCUT2D eigenvalue weighted by molar-refractivity contribution is 7.11. The summed E-state index contributed by atoms with van der Waals surface area (Å²) in [6, 6.07) is 0. The Bertz CT molecular complexity index is 420. The fourth-order valence-corrected chi connectivity index (χ4v) is 3.30. The van der Waals surface area contributed by atoms with Crippen molar-refractivity contribution in [3.63, 3.8) is 0 Å². The smallest absolute Gasteiger partial charge is 0.311 e. The van der Waals surface area contributed by atoms with Gasteiger partial charge in [0, 0.05) is 17.8 Å². The maximum absolute atomic E-state index is 11.5. The average Bonchev–Trinajstić information content (AvgIpc) is 3.04. The first-order valence-electron chi connectivity index (χ1n) is 5.86. The highest BCUT2D eigenvalue weighted by Crippen LogP contribution is 2.47. The largest absolute Gasteiger partial charge is 0.481 e. The first-order valence-corrected chi connectivity index (χ1v) is 6.67. The van der Waals surface area contributed by atoms with Gasteiger partial charge < -0.3 is 10.8 Å². The normalized spacial score (nSPS) is 19.0. The number of thiazole rings is 1. The predicted octanol–water partition coefficient (Wildman–Crippen LogP) is 1.74. The van der Waals surface area contributed by atoms with Crippen molar-refractivity contribution in [3.8, 4) is 0 Å². The summed E-state index contributed by atoms with van der Waals surface area (Å²) < 4.78 is 0. The fraction of sp³-hybridized carbons (Fsp3) is 0.667. The van der Waals surface area contributed by atoms with Crippen molar-refractivity contribution < 1.29 is 9.90 Å². The van der Waals surface area contributed by atoms with E-state index < -0.39 is 11.4 Å². The van der Waals surface area contributed by atoms with Crippen LogP contribution in [0.3, 0.4) is 0 Å². The van der Waals surface area contributed by atoms with E-state index >= 15 is 0 Å². The van der Waals surface area contributed by atoms with Gasteiger partial charge in [0.05, 0.1) is 16.1 Å². The van der Waals surface area contributed by atoms with Crippen LogP contribution in [0.15, 0.2) is 0 Å². The van der Waals surface area contributed by atoms with Gasteiger partial charge >= 0.3 is 5.97 Å². The lowest BCUT2D eigenvalue weighted by atomic mass is 9.79. The third-order valence-electron chi connectivity index (χ3n) is 3.69. The highest BCUT2D eigenvalue weighted by atomic mass is 32.1. The van der Waals surface area contributed by atoms with Crippen LogP contribution in [0.25, 0.3) is 0 Å². The van der Waals surface area contributed by atoms with E-state index in [1.807, 2.05) is 13.8 Å². The van der Waals surface area contributed by atoms with E-state index in [2.05, 4.69) is 4.98 Å². The van der Waals surface area contributed by atoms with Crippen LogP contribution in [0, 0.1) is 25.2 Å². The number of rotatable bonds is 5. The van der Waals surface area contributed by atoms with Crippen LogP contribution in [0.4, 0.5) is 0 Å². The standard InChI is InChI=1S/C12H18N2O2S/c1-7-8(2)17-10(14-7)5-12(6-13,11(15)16)9-3-4-9/h9H,3-6,13H2,1-2H3,(H,15,16). The minimum absolute atomic E-state index is 0.199. The van der Waals surface area contributed by atoms with E-state index in [1.165, 1.54) is 0 Å². The molecule has 1 heterocycles. The summed E-state index contributed by atoms with van der Waals surface area (Å²) in [7, 11) is 0. The number of carboxylic acid groups (broad SMARTS) is 1. The van der Waals surface area contributed by atoms with Gasteiger partial charge in [0.15, 0.2) is 0 Å². The molecule has 0 spiro atoms. The monoisotopic (exact) mass is 254 g/mol. The Kier molecular flexibility index (Phi) is 3.23. The number of nitrogens with zero attached hydrogens (tertiary/aromatic N) is 1. The third-order valence-corrected chi connectivity index (χ3v) is 4.76. The molecule has 1 unspecified atom stereocenters. The van der Waals surface area contributed by atoms with Gasteiger partial charge in [-0.25, -0.2) is 4.98 Å². The van der Waals surface area contributed by atoms with E-state index in [9.17, 15) is 9.90 Å². The lowest BCUT2D eigenvalue weighted by Gasteiger charge is -2.26. The number of hydrogen-bond acceptors (Lipinski definition) is 4. The number of nitrogens with two attached hydrogens (primary N) is 1. The van der Waals surface area contributed by atoms with E-state index in [-0.39, 0.29) is 12.5 Å². The lowest BCUT2D eigenvalue weighted by Crippen LogP contribution is -2.42. The second-order valence-electron chi connectivity index (χ2n) is 4.87. The molecular weight excluding hydrogens is 236 g/mol. The van der Waals surface area contributed by atoms with E-state index in [1.54, 1.807) is 11.3 Å². The Balaban J connectivity index is 2.26. The molecule has 0 aromatic carbocycles. The molecule has 0 bridgehead atoms. The van der Waals surface area contributed by atoms with Gasteiger partial charge in [-0.15, -0.1) is 11.3 Å². The van der Waals surface area contributed by atoms with Gasteiger partial charge in [-0.05, 0) is 32.6 Å². The molecule has 1 aliphatic carbocycles. The van der Waals surface area contributed by atoms with E-state index in [4.69, 9.17) is 5.73 Å². The van der Waals surface area contributed by atoms with Crippen LogP contribution < -0.4 is 5.73 Å². The van der Waals surface area contributed by atoms with Crippen LogP contribution in [-0.4, -0.2) is 22.6 Å². The maximum Gasteiger partial charge on any atom is 0.311 e. The molecule has 1 atom stereocenters. The molecular formula is C12H18N2O2S. The molecule has 5 heteroatoms. The topological polar surface area (TPSA) is 76.2 Å². The SMILES string of the molecule is Cc1nc(CC(CN)(C(=O)O)C2CC2)sc1C. The molecule has 94 valence electrons. The molecule has 1 aromatic heterocycles. The number of carboxylic acids is 1. The molecule has 0 amide bonds. The van der Waals surface area contributed by atoms with Gasteiger partial charge in [0.1, 0.15) is 0 Å². The van der Waals surface area contributed by atoms with Gasteiger partial charge in [-0.3, -0.25) is 4.79 Å². The van der Waals surface area contributed by atoms with Crippen molar-refractivity contribution >= 4 is 17.3 Å². The second-order valence-corrected chi connectivity index (χ2v) is 6.15. The molecule has 2 rings (SSSR count). The zero-order valence-electron chi connectivity index (χ0n) is 10.2. The summed E-state index contributed by atoms with van der Waals surface area (Å²) in [5.41, 5.74) is 5.94. The predicted molar refractivity (Wildman–Crippen MR) is 67.1 cm³/mol. The maximum atomic E-state index is 11.5. The van der Waals surface area contributed by atoms with Crippen LogP contribution in [-0.2, 0) is 11.2 Å². The Morgan fingerprint density at radius 3 is 2.59 bits per heavy atom. The average molecular weight is 254 g/mol. The van der Waals surface area contributed by atoms with Gasteiger partial charge in [-0.2, -0.15) is 0 Å². The zero-order valence-corrected chi connectivity index (χ0v) is 11.0. The van der Waals surface area contributed by atoms with Crippen LogP contribution in [0.1, 0.15) is 28.4 Å². The molecule has 0 radical (unpaired) electrons. The Morgan fingerprint density at radius 1 is 1.59 bits per heavy atom. The van der Waals surface area contributed by atoms with Gasteiger partial charge in [0.25, 0.3) is 0 Å². The minimum Gasteiger partial charge on any atom is -0.481 e. The van der Waals surface area contributed by atoms with Crippen LogP contribution in [0.2, 0.25) is 0 Å². The number of aliphatic carboxylic acids is 1. The minimum atomic E-state index is -0.795. The third kappa shape index (κ3) is 2.21. The first kappa shape index (κ1) is 12.5. The van der Waals surface area contributed by atoms with Gasteiger partial charge in [0.2, 0.25) is 0 Å². The molecule has 1 fully saturated rings. The van der Waals surface area contributed by atoms with Crippen LogP contribution in [0.5, 0.6) is 0 Å². The van der Waals surface area contributed by atoms with E-state index in [0.717, 1.165) is 28.4 Å². The molecule has 3 N–H and O–H groups in total. The Hall–Kier alpha value is -0.940. The van der Waals surface area contributed by atoms with Crippen molar-refractivity contribution in [2.24, 2.45) is 17.1 Å². The summed E-state index contributed by atoms with van der Waals surface area (Å²) in [4.78, 5) is 17.1. The second kappa shape index (κ2) is 4.38. The summed E-state index contributed by atoms with van der Waals surface area (Å²) >= 11 is 1.59. The number of aryl methyl sites for hydroxylation is 2.